The summed E-state index contributed by atoms with van der Waals surface area (Å²) < 4.78 is 5.26. The second-order valence-electron chi connectivity index (χ2n) is 8.98. The third-order valence-electron chi connectivity index (χ3n) is 5.98. The number of nitrogens with one attached hydrogen (secondary N) is 2. The summed E-state index contributed by atoms with van der Waals surface area (Å²) >= 11 is 1.72. The lowest BCUT2D eigenvalue weighted by Crippen LogP contribution is -2.44. The minimum atomic E-state index is -0.234. The molecule has 1 atom stereocenters. The zero-order valence-electron chi connectivity index (χ0n) is 21.2. The molecule has 186 valence electrons. The molecule has 0 aliphatic carbocycles. The zero-order chi connectivity index (χ0) is 25.4. The van der Waals surface area contributed by atoms with E-state index >= 15 is 0 Å². The lowest BCUT2D eigenvalue weighted by Gasteiger charge is -2.28. The third-order valence-corrected chi connectivity index (χ3v) is 6.88. The van der Waals surface area contributed by atoms with Crippen molar-refractivity contribution in [2.75, 3.05) is 25.5 Å². The fraction of sp³-hybridized carbons (Fsp3) is 0.357. The Kier molecular flexibility index (Phi) is 9.46. The van der Waals surface area contributed by atoms with Crippen molar-refractivity contribution in [3.05, 3.63) is 81.0 Å². The first-order valence-electron chi connectivity index (χ1n) is 11.8. The molecule has 6 nitrogen and oxygen atoms in total. The first kappa shape index (κ1) is 26.4. The molecule has 2 aromatic carbocycles. The monoisotopic (exact) mass is 493 g/mol. The Hall–Kier alpha value is -3.16. The number of ether oxygens (including phenoxy) is 1. The SMILES string of the molecule is COc1ccc(CN(CC(=O)NCC(=O)Nc2c(C)cc(C)cc2C)C(C)Cc2cccs2)cc1. The molecule has 3 rings (SSSR count). The van der Waals surface area contributed by atoms with E-state index in [1.807, 2.05) is 63.2 Å². The van der Waals surface area contributed by atoms with E-state index in [-0.39, 0.29) is 30.9 Å². The Morgan fingerprint density at radius 2 is 1.71 bits per heavy atom. The predicted molar refractivity (Wildman–Crippen MR) is 143 cm³/mol. The van der Waals surface area contributed by atoms with Crippen LogP contribution in [0.25, 0.3) is 0 Å². The number of amides is 2. The minimum Gasteiger partial charge on any atom is -0.497 e. The number of aryl methyl sites for hydroxylation is 3. The van der Waals surface area contributed by atoms with Crippen molar-refractivity contribution < 1.29 is 14.3 Å². The molecule has 1 heterocycles. The Morgan fingerprint density at radius 3 is 2.31 bits per heavy atom. The molecule has 0 saturated carbocycles. The first-order valence-corrected chi connectivity index (χ1v) is 12.7. The number of anilines is 1. The fourth-order valence-corrected chi connectivity index (χ4v) is 4.99. The van der Waals surface area contributed by atoms with Gasteiger partial charge in [0.05, 0.1) is 20.2 Å². The van der Waals surface area contributed by atoms with Crippen LogP contribution in [-0.4, -0.2) is 43.0 Å². The highest BCUT2D eigenvalue weighted by Gasteiger charge is 2.19. The molecule has 7 heteroatoms. The van der Waals surface area contributed by atoms with E-state index in [1.165, 1.54) is 4.88 Å². The molecule has 1 unspecified atom stereocenters. The van der Waals surface area contributed by atoms with Gasteiger partial charge in [0, 0.05) is 23.2 Å². The molecule has 0 saturated heterocycles. The average molecular weight is 494 g/mol. The van der Waals surface area contributed by atoms with Crippen molar-refractivity contribution in [2.45, 2.75) is 46.7 Å². The van der Waals surface area contributed by atoms with Crippen molar-refractivity contribution in [1.29, 1.82) is 0 Å². The van der Waals surface area contributed by atoms with Crippen LogP contribution in [0.2, 0.25) is 0 Å². The minimum absolute atomic E-state index is 0.0682. The van der Waals surface area contributed by atoms with Gasteiger partial charge in [-0.2, -0.15) is 0 Å². The Balaban J connectivity index is 1.61. The molecule has 0 radical (unpaired) electrons. The summed E-state index contributed by atoms with van der Waals surface area (Å²) in [7, 11) is 1.65. The third kappa shape index (κ3) is 7.94. The van der Waals surface area contributed by atoms with E-state index in [0.717, 1.165) is 40.1 Å². The number of hydrogen-bond donors (Lipinski definition) is 2. The number of benzene rings is 2. The van der Waals surface area contributed by atoms with Crippen molar-refractivity contribution >= 4 is 28.8 Å². The maximum Gasteiger partial charge on any atom is 0.243 e. The number of hydrogen-bond acceptors (Lipinski definition) is 5. The van der Waals surface area contributed by atoms with Gasteiger partial charge in [0.25, 0.3) is 0 Å². The highest BCUT2D eigenvalue weighted by Crippen LogP contribution is 2.22. The zero-order valence-corrected chi connectivity index (χ0v) is 22.0. The van der Waals surface area contributed by atoms with E-state index in [9.17, 15) is 9.59 Å². The molecule has 1 aromatic heterocycles. The van der Waals surface area contributed by atoms with Gasteiger partial charge in [-0.25, -0.2) is 0 Å². The molecule has 0 fully saturated rings. The van der Waals surface area contributed by atoms with Gasteiger partial charge in [0.2, 0.25) is 11.8 Å². The van der Waals surface area contributed by atoms with Gasteiger partial charge >= 0.3 is 0 Å². The molecule has 0 bridgehead atoms. The molecule has 35 heavy (non-hydrogen) atoms. The number of carbonyl (C=O) groups excluding carboxylic acids is 2. The van der Waals surface area contributed by atoms with Crippen LogP contribution < -0.4 is 15.4 Å². The standard InChI is InChI=1S/C28H35N3O3S/c1-19-13-20(2)28(21(3)14-19)30-26(32)16-29-27(33)18-31(22(4)15-25-7-6-12-35-25)17-23-8-10-24(34-5)11-9-23/h6-14,22H,15-18H2,1-5H3,(H,29,33)(H,30,32). The van der Waals surface area contributed by atoms with E-state index in [4.69, 9.17) is 4.74 Å². The molecule has 0 aliphatic heterocycles. The van der Waals surface area contributed by atoms with Crippen LogP contribution >= 0.6 is 11.3 Å². The lowest BCUT2D eigenvalue weighted by molar-refractivity contribution is -0.125. The van der Waals surface area contributed by atoms with Gasteiger partial charge < -0.3 is 15.4 Å². The summed E-state index contributed by atoms with van der Waals surface area (Å²) in [4.78, 5) is 28.8. The van der Waals surface area contributed by atoms with Gasteiger partial charge in [-0.05, 0) is 74.4 Å². The van der Waals surface area contributed by atoms with Crippen molar-refractivity contribution in [3.8, 4) is 5.75 Å². The number of methoxy groups -OCH3 is 1. The van der Waals surface area contributed by atoms with Crippen molar-refractivity contribution in [3.63, 3.8) is 0 Å². The number of nitrogens with zero attached hydrogens (tertiary/aromatic N) is 1. The van der Waals surface area contributed by atoms with Crippen LogP contribution in [0.3, 0.4) is 0 Å². The van der Waals surface area contributed by atoms with Crippen LogP contribution in [0.1, 0.15) is 34.1 Å². The van der Waals surface area contributed by atoms with E-state index in [2.05, 4.69) is 33.9 Å². The van der Waals surface area contributed by atoms with Crippen LogP contribution in [0, 0.1) is 20.8 Å². The van der Waals surface area contributed by atoms with E-state index in [1.54, 1.807) is 18.4 Å². The smallest absolute Gasteiger partial charge is 0.243 e. The number of rotatable bonds is 11. The molecule has 0 spiro atoms. The van der Waals surface area contributed by atoms with E-state index < -0.39 is 0 Å². The largest absolute Gasteiger partial charge is 0.497 e. The summed E-state index contributed by atoms with van der Waals surface area (Å²) in [6.07, 6.45) is 0.855. The quantitative estimate of drug-likeness (QED) is 0.400. The topological polar surface area (TPSA) is 70.7 Å². The molecule has 3 aromatic rings. The van der Waals surface area contributed by atoms with Gasteiger partial charge in [-0.3, -0.25) is 14.5 Å². The van der Waals surface area contributed by atoms with Gasteiger partial charge in [-0.15, -0.1) is 11.3 Å². The summed E-state index contributed by atoms with van der Waals surface area (Å²) in [5.74, 6) is 0.389. The summed E-state index contributed by atoms with van der Waals surface area (Å²) in [6, 6.07) is 16.3. The summed E-state index contributed by atoms with van der Waals surface area (Å²) in [5, 5.41) is 7.80. The van der Waals surface area contributed by atoms with E-state index in [0.29, 0.717) is 6.54 Å². The van der Waals surface area contributed by atoms with Gasteiger partial charge in [0.1, 0.15) is 5.75 Å². The molecule has 0 aliphatic rings. The second-order valence-corrected chi connectivity index (χ2v) is 10.0. The predicted octanol–water partition coefficient (Wildman–Crippen LogP) is 4.87. The van der Waals surface area contributed by atoms with Crippen molar-refractivity contribution in [2.24, 2.45) is 0 Å². The number of thiophene rings is 1. The van der Waals surface area contributed by atoms with Crippen molar-refractivity contribution in [1.82, 2.24) is 10.2 Å². The van der Waals surface area contributed by atoms with Crippen LogP contribution in [-0.2, 0) is 22.6 Å². The van der Waals surface area contributed by atoms with Crippen LogP contribution in [0.15, 0.2) is 53.9 Å². The van der Waals surface area contributed by atoms with Gasteiger partial charge in [-0.1, -0.05) is 35.9 Å². The number of carbonyl (C=O) groups is 2. The summed E-state index contributed by atoms with van der Waals surface area (Å²) in [6.45, 7) is 8.86. The summed E-state index contributed by atoms with van der Waals surface area (Å²) in [5.41, 5.74) is 5.07. The second kappa shape index (κ2) is 12.5. The lowest BCUT2D eigenvalue weighted by atomic mass is 10.1. The maximum atomic E-state index is 12.8. The molecular weight excluding hydrogens is 458 g/mol. The fourth-order valence-electron chi connectivity index (χ4n) is 4.16. The first-order chi connectivity index (χ1) is 16.7. The van der Waals surface area contributed by atoms with Gasteiger partial charge in [0.15, 0.2) is 0 Å². The Bertz CT molecular complexity index is 1100. The molecule has 2 N–H and O–H groups in total. The Morgan fingerprint density at radius 1 is 1.03 bits per heavy atom. The normalized spacial score (nSPS) is 11.8. The van der Waals surface area contributed by atoms with Crippen LogP contribution in [0.5, 0.6) is 5.75 Å². The molecular formula is C28H35N3O3S. The molecule has 2 amide bonds. The highest BCUT2D eigenvalue weighted by molar-refractivity contribution is 7.09. The maximum absolute atomic E-state index is 12.8. The average Bonchev–Trinajstić information content (AvgIpc) is 3.33. The van der Waals surface area contributed by atoms with Crippen LogP contribution in [0.4, 0.5) is 5.69 Å². The Labute approximate surface area is 212 Å². The highest BCUT2D eigenvalue weighted by atomic mass is 32.1.